The number of aromatic nitrogens is 2. The molecule has 2 saturated heterocycles. The molecule has 7 heteroatoms. The van der Waals surface area contributed by atoms with E-state index in [0.717, 1.165) is 38.2 Å². The Morgan fingerprint density at radius 2 is 2.24 bits per heavy atom. The van der Waals surface area contributed by atoms with Gasteiger partial charge in [-0.1, -0.05) is 6.92 Å². The molecular formula is C14H24N4O2S. The summed E-state index contributed by atoms with van der Waals surface area (Å²) >= 11 is 0. The minimum atomic E-state index is -3.46. The molecule has 0 aromatic carbocycles. The summed E-state index contributed by atoms with van der Waals surface area (Å²) < 4.78 is 29.1. The molecular weight excluding hydrogens is 288 g/mol. The highest BCUT2D eigenvalue weighted by Gasteiger charge is 2.41. The number of nitrogens with one attached hydrogen (secondary N) is 1. The minimum absolute atomic E-state index is 0.201. The van der Waals surface area contributed by atoms with E-state index in [4.69, 9.17) is 0 Å². The van der Waals surface area contributed by atoms with Gasteiger partial charge in [0.1, 0.15) is 5.82 Å². The van der Waals surface area contributed by atoms with Crippen molar-refractivity contribution in [2.75, 3.05) is 19.6 Å². The summed E-state index contributed by atoms with van der Waals surface area (Å²) in [6.45, 7) is 6.94. The molecule has 0 bridgehead atoms. The van der Waals surface area contributed by atoms with Crippen LogP contribution in [0.4, 0.5) is 0 Å². The van der Waals surface area contributed by atoms with Crippen molar-refractivity contribution in [3.05, 3.63) is 12.0 Å². The molecule has 0 radical (unpaired) electrons. The Labute approximate surface area is 126 Å². The maximum absolute atomic E-state index is 12.8. The van der Waals surface area contributed by atoms with E-state index < -0.39 is 10.0 Å². The Balaban J connectivity index is 1.82. The number of rotatable bonds is 4. The lowest BCUT2D eigenvalue weighted by Crippen LogP contribution is -2.41. The normalized spacial score (nSPS) is 27.0. The highest BCUT2D eigenvalue weighted by molar-refractivity contribution is 7.89. The fraction of sp³-hybridized carbons (Fsp3) is 0.786. The number of aryl methyl sites for hydroxylation is 2. The number of nitrogens with zero attached hydrogens (tertiary/aromatic N) is 3. The monoisotopic (exact) mass is 312 g/mol. The second kappa shape index (κ2) is 5.70. The summed E-state index contributed by atoms with van der Waals surface area (Å²) in [6, 6.07) is 0.312. The van der Waals surface area contributed by atoms with Gasteiger partial charge >= 0.3 is 0 Å². The Hall–Kier alpha value is -0.920. The third-order valence-corrected chi connectivity index (χ3v) is 6.29. The van der Waals surface area contributed by atoms with E-state index in [0.29, 0.717) is 25.0 Å². The van der Waals surface area contributed by atoms with Gasteiger partial charge in [0.25, 0.3) is 10.0 Å². The molecule has 2 aliphatic rings. The molecule has 0 saturated carbocycles. The van der Waals surface area contributed by atoms with Crippen LogP contribution >= 0.6 is 0 Å². The zero-order valence-corrected chi connectivity index (χ0v) is 13.6. The van der Waals surface area contributed by atoms with E-state index in [1.54, 1.807) is 10.5 Å². The molecule has 0 spiro atoms. The van der Waals surface area contributed by atoms with Gasteiger partial charge in [0, 0.05) is 31.9 Å². The van der Waals surface area contributed by atoms with Crippen LogP contribution in [0.25, 0.3) is 0 Å². The lowest BCUT2D eigenvalue weighted by Gasteiger charge is -2.24. The standard InChI is InChI=1S/C14H24N4O2S/c1-3-7-17-10-14(16-11(17)2)21(19,20)18-8-12-5-4-6-15-13(12)9-18/h10,12-13,15H,3-9H2,1-2H3. The SMILES string of the molecule is CCCn1cc(S(=O)(=O)N2CC3CCCNC3C2)nc1C. The molecule has 1 aromatic heterocycles. The first-order chi connectivity index (χ1) is 10.0. The molecule has 0 amide bonds. The molecule has 118 valence electrons. The summed E-state index contributed by atoms with van der Waals surface area (Å²) in [7, 11) is -3.46. The zero-order valence-electron chi connectivity index (χ0n) is 12.7. The van der Waals surface area contributed by atoms with E-state index in [1.165, 1.54) is 0 Å². The first-order valence-corrected chi connectivity index (χ1v) is 9.23. The fourth-order valence-electron chi connectivity index (χ4n) is 3.41. The largest absolute Gasteiger partial charge is 0.334 e. The van der Waals surface area contributed by atoms with Crippen molar-refractivity contribution < 1.29 is 8.42 Å². The van der Waals surface area contributed by atoms with Gasteiger partial charge in [-0.2, -0.15) is 4.31 Å². The van der Waals surface area contributed by atoms with Crippen LogP contribution in [-0.4, -0.2) is 48.0 Å². The fourth-order valence-corrected chi connectivity index (χ4v) is 4.92. The lowest BCUT2D eigenvalue weighted by atomic mass is 9.94. The topological polar surface area (TPSA) is 67.2 Å². The van der Waals surface area contributed by atoms with Gasteiger partial charge in [-0.15, -0.1) is 0 Å². The molecule has 6 nitrogen and oxygen atoms in total. The maximum atomic E-state index is 12.8. The number of hydrogen-bond donors (Lipinski definition) is 1. The second-order valence-electron chi connectivity index (χ2n) is 6.10. The van der Waals surface area contributed by atoms with Crippen molar-refractivity contribution in [3.63, 3.8) is 0 Å². The average molecular weight is 312 g/mol. The Morgan fingerprint density at radius 3 is 2.95 bits per heavy atom. The molecule has 2 atom stereocenters. The summed E-state index contributed by atoms with van der Waals surface area (Å²) in [4.78, 5) is 4.28. The van der Waals surface area contributed by atoms with Crippen molar-refractivity contribution in [2.24, 2.45) is 5.92 Å². The summed E-state index contributed by atoms with van der Waals surface area (Å²) in [5.74, 6) is 1.22. The van der Waals surface area contributed by atoms with Crippen LogP contribution in [0.1, 0.15) is 32.0 Å². The van der Waals surface area contributed by atoms with E-state index in [9.17, 15) is 8.42 Å². The summed E-state index contributed by atoms with van der Waals surface area (Å²) in [5.41, 5.74) is 0. The molecule has 2 unspecified atom stereocenters. The van der Waals surface area contributed by atoms with Crippen LogP contribution in [0.2, 0.25) is 0 Å². The Morgan fingerprint density at radius 1 is 1.43 bits per heavy atom. The molecule has 1 N–H and O–H groups in total. The van der Waals surface area contributed by atoms with Crippen molar-refractivity contribution in [2.45, 2.75) is 50.7 Å². The van der Waals surface area contributed by atoms with Crippen molar-refractivity contribution in [1.29, 1.82) is 0 Å². The highest BCUT2D eigenvalue weighted by Crippen LogP contribution is 2.29. The van der Waals surface area contributed by atoms with E-state index in [-0.39, 0.29) is 5.03 Å². The third-order valence-electron chi connectivity index (χ3n) is 4.59. The molecule has 21 heavy (non-hydrogen) atoms. The van der Waals surface area contributed by atoms with Crippen LogP contribution in [0.3, 0.4) is 0 Å². The van der Waals surface area contributed by atoms with Crippen molar-refractivity contribution >= 4 is 10.0 Å². The van der Waals surface area contributed by atoms with Gasteiger partial charge in [0.05, 0.1) is 0 Å². The number of hydrogen-bond acceptors (Lipinski definition) is 4. The predicted octanol–water partition coefficient (Wildman–Crippen LogP) is 0.974. The minimum Gasteiger partial charge on any atom is -0.334 e. The molecule has 2 aliphatic heterocycles. The lowest BCUT2D eigenvalue weighted by molar-refractivity contribution is 0.339. The number of sulfonamides is 1. The smallest absolute Gasteiger partial charge is 0.262 e. The van der Waals surface area contributed by atoms with E-state index >= 15 is 0 Å². The third kappa shape index (κ3) is 2.74. The van der Waals surface area contributed by atoms with E-state index in [2.05, 4.69) is 17.2 Å². The highest BCUT2D eigenvalue weighted by atomic mass is 32.2. The van der Waals surface area contributed by atoms with Gasteiger partial charge in [0.15, 0.2) is 5.03 Å². The van der Waals surface area contributed by atoms with Crippen LogP contribution in [-0.2, 0) is 16.6 Å². The molecule has 2 fully saturated rings. The maximum Gasteiger partial charge on any atom is 0.262 e. The van der Waals surface area contributed by atoms with Crippen molar-refractivity contribution in [1.82, 2.24) is 19.2 Å². The number of piperidine rings is 1. The van der Waals surface area contributed by atoms with Gasteiger partial charge < -0.3 is 9.88 Å². The molecule has 3 heterocycles. The van der Waals surface area contributed by atoms with E-state index in [1.807, 2.05) is 11.5 Å². The Kier molecular flexibility index (Phi) is 4.07. The number of fused-ring (bicyclic) bond motifs is 1. The van der Waals surface area contributed by atoms with Crippen molar-refractivity contribution in [3.8, 4) is 0 Å². The van der Waals surface area contributed by atoms with Gasteiger partial charge in [-0.3, -0.25) is 0 Å². The van der Waals surface area contributed by atoms with Crippen LogP contribution in [0.15, 0.2) is 11.2 Å². The summed E-state index contributed by atoms with van der Waals surface area (Å²) in [6.07, 6.45) is 4.91. The van der Waals surface area contributed by atoms with Gasteiger partial charge in [-0.05, 0) is 38.6 Å². The zero-order chi connectivity index (χ0) is 15.0. The molecule has 1 aromatic rings. The first-order valence-electron chi connectivity index (χ1n) is 7.79. The molecule has 0 aliphatic carbocycles. The molecule has 3 rings (SSSR count). The summed E-state index contributed by atoms with van der Waals surface area (Å²) in [5, 5.41) is 3.64. The first kappa shape index (κ1) is 15.0. The van der Waals surface area contributed by atoms with Crippen LogP contribution < -0.4 is 5.32 Å². The van der Waals surface area contributed by atoms with Crippen LogP contribution in [0.5, 0.6) is 0 Å². The Bertz CT molecular complexity index is 596. The van der Waals surface area contributed by atoms with Crippen LogP contribution in [0, 0.1) is 12.8 Å². The van der Waals surface area contributed by atoms with Gasteiger partial charge in [-0.25, -0.2) is 13.4 Å². The second-order valence-corrected chi connectivity index (χ2v) is 7.99. The number of imidazole rings is 1. The quantitative estimate of drug-likeness (QED) is 0.900. The predicted molar refractivity (Wildman–Crippen MR) is 80.5 cm³/mol. The average Bonchev–Trinajstić information content (AvgIpc) is 3.04. The van der Waals surface area contributed by atoms with Gasteiger partial charge in [0.2, 0.25) is 0 Å².